The number of amides is 1. The Morgan fingerprint density at radius 3 is 2.49 bits per heavy atom. The molecule has 6 nitrogen and oxygen atoms in total. The first-order valence-electron chi connectivity index (χ1n) is 12.5. The Kier molecular flexibility index (Phi) is 5.44. The second-order valence-electron chi connectivity index (χ2n) is 9.81. The van der Waals surface area contributed by atoms with E-state index in [1.54, 1.807) is 0 Å². The molecule has 4 aromatic rings. The number of nitrogen functional groups attached to an aromatic ring is 1. The van der Waals surface area contributed by atoms with Gasteiger partial charge in [-0.1, -0.05) is 30.3 Å². The molecule has 0 aliphatic heterocycles. The summed E-state index contributed by atoms with van der Waals surface area (Å²) in [6.07, 6.45) is 7.19. The topological polar surface area (TPSA) is 82.2 Å². The molecule has 1 atom stereocenters. The van der Waals surface area contributed by atoms with E-state index in [9.17, 15) is 4.79 Å². The molecule has 1 amide bonds. The van der Waals surface area contributed by atoms with Crippen LogP contribution in [0.5, 0.6) is 0 Å². The summed E-state index contributed by atoms with van der Waals surface area (Å²) < 4.78 is 7.90. The first kappa shape index (κ1) is 21.7. The van der Waals surface area contributed by atoms with Crippen molar-refractivity contribution in [2.75, 3.05) is 11.1 Å². The number of benzene rings is 2. The van der Waals surface area contributed by atoms with Gasteiger partial charge in [0, 0.05) is 34.4 Å². The molecule has 35 heavy (non-hydrogen) atoms. The van der Waals surface area contributed by atoms with Crippen LogP contribution in [0, 0.1) is 5.92 Å². The van der Waals surface area contributed by atoms with E-state index in [4.69, 9.17) is 10.5 Å². The van der Waals surface area contributed by atoms with E-state index < -0.39 is 6.09 Å². The Bertz CT molecular complexity index is 1370. The van der Waals surface area contributed by atoms with E-state index >= 15 is 0 Å². The number of ether oxygens (including phenoxy) is 1. The van der Waals surface area contributed by atoms with Crippen molar-refractivity contribution in [2.45, 2.75) is 51.2 Å². The standard InChI is InChI=1S/C29H30N4O2/c1-18(19-8-9-19)35-29(34)32-22-13-10-20(11-14-22)28-27(30)24-15-12-21(25-7-2-3-16-31-25)17-26(24)33(28)23-5-4-6-23/h2-3,7,10-19,23H,4-6,8-9,30H2,1H3,(H,32,34)/t18-/m1/s1. The molecule has 2 aliphatic rings. The summed E-state index contributed by atoms with van der Waals surface area (Å²) in [5, 5.41) is 3.92. The van der Waals surface area contributed by atoms with Gasteiger partial charge in [-0.15, -0.1) is 0 Å². The molecule has 2 aliphatic carbocycles. The van der Waals surface area contributed by atoms with Crippen molar-refractivity contribution in [3.8, 4) is 22.5 Å². The highest BCUT2D eigenvalue weighted by Gasteiger charge is 2.31. The monoisotopic (exact) mass is 466 g/mol. The molecule has 0 radical (unpaired) electrons. The third-order valence-electron chi connectivity index (χ3n) is 7.43. The molecule has 3 N–H and O–H groups in total. The van der Waals surface area contributed by atoms with Gasteiger partial charge in [0.1, 0.15) is 6.10 Å². The van der Waals surface area contributed by atoms with Crippen LogP contribution in [0.2, 0.25) is 0 Å². The van der Waals surface area contributed by atoms with Crippen LogP contribution in [0.1, 0.15) is 45.1 Å². The van der Waals surface area contributed by atoms with Crippen LogP contribution in [0.25, 0.3) is 33.4 Å². The van der Waals surface area contributed by atoms with Gasteiger partial charge in [-0.05, 0) is 75.3 Å². The lowest BCUT2D eigenvalue weighted by atomic mass is 9.92. The van der Waals surface area contributed by atoms with Crippen molar-refractivity contribution in [1.29, 1.82) is 0 Å². The highest BCUT2D eigenvalue weighted by molar-refractivity contribution is 6.02. The molecule has 0 saturated heterocycles. The average molecular weight is 467 g/mol. The van der Waals surface area contributed by atoms with E-state index in [1.807, 2.05) is 55.6 Å². The van der Waals surface area contributed by atoms with Crippen molar-refractivity contribution < 1.29 is 9.53 Å². The van der Waals surface area contributed by atoms with Gasteiger partial charge in [-0.25, -0.2) is 4.79 Å². The van der Waals surface area contributed by atoms with Gasteiger partial charge in [0.15, 0.2) is 0 Å². The lowest BCUT2D eigenvalue weighted by Gasteiger charge is -2.30. The molecule has 178 valence electrons. The molecule has 2 heterocycles. The van der Waals surface area contributed by atoms with Crippen LogP contribution < -0.4 is 11.1 Å². The Morgan fingerprint density at radius 2 is 1.83 bits per heavy atom. The average Bonchev–Trinajstić information content (AvgIpc) is 3.65. The molecule has 2 saturated carbocycles. The smallest absolute Gasteiger partial charge is 0.411 e. The predicted octanol–water partition coefficient (Wildman–Crippen LogP) is 7.02. The van der Waals surface area contributed by atoms with Gasteiger partial charge in [-0.2, -0.15) is 0 Å². The summed E-state index contributed by atoms with van der Waals surface area (Å²) in [6.45, 7) is 1.96. The van der Waals surface area contributed by atoms with Crippen LogP contribution in [0.4, 0.5) is 16.2 Å². The van der Waals surface area contributed by atoms with Crippen molar-refractivity contribution >= 4 is 28.4 Å². The maximum atomic E-state index is 12.3. The minimum absolute atomic E-state index is 0.0387. The zero-order valence-electron chi connectivity index (χ0n) is 19.9. The molecule has 2 aromatic carbocycles. The van der Waals surface area contributed by atoms with E-state index in [0.717, 1.165) is 64.8 Å². The zero-order valence-corrected chi connectivity index (χ0v) is 19.9. The first-order chi connectivity index (χ1) is 17.1. The lowest BCUT2D eigenvalue weighted by Crippen LogP contribution is -2.21. The Labute approximate surface area is 205 Å². The molecular formula is C29H30N4O2. The van der Waals surface area contributed by atoms with Gasteiger partial charge in [-0.3, -0.25) is 10.3 Å². The third kappa shape index (κ3) is 4.14. The number of fused-ring (bicyclic) bond motifs is 1. The second kappa shape index (κ2) is 8.77. The number of hydrogen-bond donors (Lipinski definition) is 2. The van der Waals surface area contributed by atoms with Gasteiger partial charge in [0.25, 0.3) is 0 Å². The highest BCUT2D eigenvalue weighted by atomic mass is 16.6. The van der Waals surface area contributed by atoms with E-state index in [0.29, 0.717) is 17.6 Å². The number of carbonyl (C=O) groups excluding carboxylic acids is 1. The zero-order chi connectivity index (χ0) is 23.9. The normalized spacial score (nSPS) is 16.6. The summed E-state index contributed by atoms with van der Waals surface area (Å²) in [5.74, 6) is 0.512. The fourth-order valence-electron chi connectivity index (χ4n) is 5.04. The van der Waals surface area contributed by atoms with Crippen molar-refractivity contribution in [3.63, 3.8) is 0 Å². The van der Waals surface area contributed by atoms with Crippen LogP contribution in [0.15, 0.2) is 66.9 Å². The van der Waals surface area contributed by atoms with Crippen molar-refractivity contribution in [1.82, 2.24) is 9.55 Å². The van der Waals surface area contributed by atoms with Crippen LogP contribution in [-0.4, -0.2) is 21.7 Å². The molecule has 0 unspecified atom stereocenters. The van der Waals surface area contributed by atoms with E-state index in [2.05, 4.69) is 33.1 Å². The minimum Gasteiger partial charge on any atom is -0.446 e. The van der Waals surface area contributed by atoms with E-state index in [-0.39, 0.29) is 6.10 Å². The Morgan fingerprint density at radius 1 is 1.06 bits per heavy atom. The summed E-state index contributed by atoms with van der Waals surface area (Å²) in [4.78, 5) is 16.8. The molecule has 0 spiro atoms. The van der Waals surface area contributed by atoms with Gasteiger partial charge < -0.3 is 15.0 Å². The third-order valence-corrected chi connectivity index (χ3v) is 7.43. The van der Waals surface area contributed by atoms with Gasteiger partial charge in [0.05, 0.1) is 22.6 Å². The number of hydrogen-bond acceptors (Lipinski definition) is 4. The maximum Gasteiger partial charge on any atom is 0.411 e. The number of nitrogens with two attached hydrogens (primary N) is 1. The SMILES string of the molecule is C[C@@H](OC(=O)Nc1ccc(-c2c(N)c3ccc(-c4ccccn4)cc3n2C2CCC2)cc1)C1CC1. The van der Waals surface area contributed by atoms with Crippen LogP contribution >= 0.6 is 0 Å². The summed E-state index contributed by atoms with van der Waals surface area (Å²) in [7, 11) is 0. The fourth-order valence-corrected chi connectivity index (χ4v) is 5.04. The number of pyridine rings is 1. The Balaban J connectivity index is 1.34. The number of aromatic nitrogens is 2. The first-order valence-corrected chi connectivity index (χ1v) is 12.5. The Hall–Kier alpha value is -3.80. The van der Waals surface area contributed by atoms with Crippen LogP contribution in [0.3, 0.4) is 0 Å². The van der Waals surface area contributed by atoms with Gasteiger partial charge >= 0.3 is 6.09 Å². The molecule has 6 rings (SSSR count). The molecule has 6 heteroatoms. The van der Waals surface area contributed by atoms with E-state index in [1.165, 1.54) is 6.42 Å². The van der Waals surface area contributed by atoms with Crippen molar-refractivity contribution in [3.05, 3.63) is 66.9 Å². The highest BCUT2D eigenvalue weighted by Crippen LogP contribution is 2.45. The maximum absolute atomic E-state index is 12.3. The van der Waals surface area contributed by atoms with Crippen molar-refractivity contribution in [2.24, 2.45) is 5.92 Å². The number of nitrogens with zero attached hydrogens (tertiary/aromatic N) is 2. The molecule has 0 bridgehead atoms. The fraction of sp³-hybridized carbons (Fsp3) is 0.310. The number of rotatable bonds is 6. The molecule has 2 fully saturated rings. The molecular weight excluding hydrogens is 436 g/mol. The quantitative estimate of drug-likeness (QED) is 0.320. The predicted molar refractivity (Wildman–Crippen MR) is 140 cm³/mol. The summed E-state index contributed by atoms with van der Waals surface area (Å²) >= 11 is 0. The molecule has 2 aromatic heterocycles. The lowest BCUT2D eigenvalue weighted by molar-refractivity contribution is 0.108. The number of carbonyl (C=O) groups is 1. The number of anilines is 2. The largest absolute Gasteiger partial charge is 0.446 e. The summed E-state index contributed by atoms with van der Waals surface area (Å²) in [5.41, 5.74) is 13.5. The number of nitrogens with one attached hydrogen (secondary N) is 1. The minimum atomic E-state index is -0.401. The van der Waals surface area contributed by atoms with Gasteiger partial charge in [0.2, 0.25) is 0 Å². The van der Waals surface area contributed by atoms with Crippen LogP contribution in [-0.2, 0) is 4.74 Å². The second-order valence-corrected chi connectivity index (χ2v) is 9.81. The summed E-state index contributed by atoms with van der Waals surface area (Å²) in [6, 6.07) is 20.7.